The molecule has 0 aliphatic carbocycles. The molecule has 4 heteroatoms. The monoisotopic (exact) mass is 285 g/mol. The lowest BCUT2D eigenvalue weighted by molar-refractivity contribution is 0.0351. The molecule has 1 amide bonds. The largest absolute Gasteiger partial charge is 0.508 e. The number of carbonyl (C=O) groups excluding carboxylic acids is 1. The number of benzene rings is 2. The van der Waals surface area contributed by atoms with Gasteiger partial charge in [0, 0.05) is 25.8 Å². The summed E-state index contributed by atoms with van der Waals surface area (Å²) in [6, 6.07) is 10.8. The van der Waals surface area contributed by atoms with Crippen LogP contribution in [0.15, 0.2) is 36.4 Å². The first-order valence-corrected chi connectivity index (χ1v) is 7.22. The van der Waals surface area contributed by atoms with E-state index >= 15 is 0 Å². The van der Waals surface area contributed by atoms with Gasteiger partial charge < -0.3 is 14.7 Å². The van der Waals surface area contributed by atoms with E-state index in [1.165, 1.54) is 0 Å². The Hall–Kier alpha value is -2.07. The van der Waals surface area contributed by atoms with Crippen LogP contribution in [0.4, 0.5) is 0 Å². The fourth-order valence-electron chi connectivity index (χ4n) is 2.84. The van der Waals surface area contributed by atoms with E-state index in [2.05, 4.69) is 0 Å². The van der Waals surface area contributed by atoms with E-state index in [9.17, 15) is 9.90 Å². The maximum absolute atomic E-state index is 12.5. The van der Waals surface area contributed by atoms with Crippen LogP contribution in [0, 0.1) is 0 Å². The Morgan fingerprint density at radius 3 is 2.52 bits per heavy atom. The normalized spacial score (nSPS) is 16.3. The number of carbonyl (C=O) groups is 1. The maximum Gasteiger partial charge on any atom is 0.253 e. The van der Waals surface area contributed by atoms with Gasteiger partial charge in [-0.2, -0.15) is 0 Å². The number of hydrogen-bond acceptors (Lipinski definition) is 3. The van der Waals surface area contributed by atoms with Crippen molar-refractivity contribution in [3.05, 3.63) is 42.0 Å². The summed E-state index contributed by atoms with van der Waals surface area (Å²) < 4.78 is 5.33. The Bertz CT molecular complexity index is 660. The lowest BCUT2D eigenvalue weighted by Crippen LogP contribution is -2.40. The third kappa shape index (κ3) is 2.85. The smallest absolute Gasteiger partial charge is 0.253 e. The zero-order chi connectivity index (χ0) is 14.8. The Morgan fingerprint density at radius 2 is 1.81 bits per heavy atom. The SMILES string of the molecule is COC1CCN(C(=O)c2ccc3cc(O)ccc3c2)CC1. The number of methoxy groups -OCH3 is 1. The van der Waals surface area contributed by atoms with Gasteiger partial charge in [0.25, 0.3) is 5.91 Å². The molecule has 2 aromatic carbocycles. The summed E-state index contributed by atoms with van der Waals surface area (Å²) in [6.45, 7) is 1.48. The van der Waals surface area contributed by atoms with Crippen molar-refractivity contribution in [3.63, 3.8) is 0 Å². The van der Waals surface area contributed by atoms with Gasteiger partial charge in [-0.05, 0) is 47.9 Å². The zero-order valence-electron chi connectivity index (χ0n) is 12.1. The van der Waals surface area contributed by atoms with E-state index in [1.54, 1.807) is 19.2 Å². The summed E-state index contributed by atoms with van der Waals surface area (Å²) in [7, 11) is 1.72. The Morgan fingerprint density at radius 1 is 1.14 bits per heavy atom. The number of aromatic hydroxyl groups is 1. The molecule has 2 aromatic rings. The van der Waals surface area contributed by atoms with E-state index in [1.807, 2.05) is 29.2 Å². The lowest BCUT2D eigenvalue weighted by Gasteiger charge is -2.31. The van der Waals surface area contributed by atoms with Crippen LogP contribution in [-0.2, 0) is 4.74 Å². The third-order valence-electron chi connectivity index (χ3n) is 4.13. The first kappa shape index (κ1) is 13.9. The summed E-state index contributed by atoms with van der Waals surface area (Å²) in [5.74, 6) is 0.308. The number of hydrogen-bond donors (Lipinski definition) is 1. The highest BCUT2D eigenvalue weighted by atomic mass is 16.5. The minimum absolute atomic E-state index is 0.0690. The van der Waals surface area contributed by atoms with Gasteiger partial charge in [-0.1, -0.05) is 12.1 Å². The van der Waals surface area contributed by atoms with E-state index in [4.69, 9.17) is 4.74 Å². The van der Waals surface area contributed by atoms with Gasteiger partial charge in [0.15, 0.2) is 0 Å². The number of nitrogens with zero attached hydrogens (tertiary/aromatic N) is 1. The van der Waals surface area contributed by atoms with Gasteiger partial charge in [0.2, 0.25) is 0 Å². The second kappa shape index (κ2) is 5.74. The molecule has 4 nitrogen and oxygen atoms in total. The van der Waals surface area contributed by atoms with Crippen molar-refractivity contribution in [2.75, 3.05) is 20.2 Å². The minimum atomic E-state index is 0.0690. The van der Waals surface area contributed by atoms with Crippen LogP contribution < -0.4 is 0 Å². The second-order valence-electron chi connectivity index (χ2n) is 5.47. The summed E-state index contributed by atoms with van der Waals surface area (Å²) in [5.41, 5.74) is 0.698. The number of likely N-dealkylation sites (tertiary alicyclic amines) is 1. The average molecular weight is 285 g/mol. The van der Waals surface area contributed by atoms with E-state index in [0.29, 0.717) is 5.56 Å². The predicted molar refractivity (Wildman–Crippen MR) is 81.5 cm³/mol. The molecule has 1 aliphatic rings. The fourth-order valence-corrected chi connectivity index (χ4v) is 2.84. The van der Waals surface area contributed by atoms with Gasteiger partial charge >= 0.3 is 0 Å². The van der Waals surface area contributed by atoms with Gasteiger partial charge in [0.1, 0.15) is 5.75 Å². The first-order chi connectivity index (χ1) is 10.2. The van der Waals surface area contributed by atoms with Crippen LogP contribution in [0.3, 0.4) is 0 Å². The fraction of sp³-hybridized carbons (Fsp3) is 0.353. The van der Waals surface area contributed by atoms with Crippen LogP contribution >= 0.6 is 0 Å². The molecule has 0 radical (unpaired) electrons. The van der Waals surface area contributed by atoms with Crippen LogP contribution in [-0.4, -0.2) is 42.2 Å². The van der Waals surface area contributed by atoms with Crippen molar-refractivity contribution in [1.29, 1.82) is 0 Å². The topological polar surface area (TPSA) is 49.8 Å². The summed E-state index contributed by atoms with van der Waals surface area (Å²) in [5, 5.41) is 11.4. The van der Waals surface area contributed by atoms with Crippen molar-refractivity contribution in [2.45, 2.75) is 18.9 Å². The van der Waals surface area contributed by atoms with Crippen molar-refractivity contribution in [2.24, 2.45) is 0 Å². The third-order valence-corrected chi connectivity index (χ3v) is 4.13. The molecule has 0 spiro atoms. The minimum Gasteiger partial charge on any atom is -0.508 e. The number of phenolic OH excluding ortho intramolecular Hbond substituents is 1. The van der Waals surface area contributed by atoms with Crippen LogP contribution in [0.1, 0.15) is 23.2 Å². The molecule has 0 unspecified atom stereocenters. The quantitative estimate of drug-likeness (QED) is 0.923. The average Bonchev–Trinajstić information content (AvgIpc) is 2.53. The molecule has 1 heterocycles. The second-order valence-corrected chi connectivity index (χ2v) is 5.47. The van der Waals surface area contributed by atoms with Crippen LogP contribution in [0.25, 0.3) is 10.8 Å². The van der Waals surface area contributed by atoms with Gasteiger partial charge in [0.05, 0.1) is 6.10 Å². The molecular formula is C17H19NO3. The number of ether oxygens (including phenoxy) is 1. The molecule has 1 saturated heterocycles. The standard InChI is InChI=1S/C17H19NO3/c1-21-16-6-8-18(9-7-16)17(20)14-3-2-13-11-15(19)5-4-12(13)10-14/h2-5,10-11,16,19H,6-9H2,1H3. The highest BCUT2D eigenvalue weighted by molar-refractivity contribution is 5.98. The number of rotatable bonds is 2. The number of piperidine rings is 1. The number of phenols is 1. The van der Waals surface area contributed by atoms with Crippen molar-refractivity contribution >= 4 is 16.7 Å². The molecule has 0 aromatic heterocycles. The van der Waals surface area contributed by atoms with Gasteiger partial charge in [-0.3, -0.25) is 4.79 Å². The Balaban J connectivity index is 1.80. The molecule has 3 rings (SSSR count). The first-order valence-electron chi connectivity index (χ1n) is 7.22. The van der Waals surface area contributed by atoms with E-state index in [-0.39, 0.29) is 17.8 Å². The van der Waals surface area contributed by atoms with Crippen LogP contribution in [0.5, 0.6) is 5.75 Å². The predicted octanol–water partition coefficient (Wildman–Crippen LogP) is 2.80. The molecule has 0 saturated carbocycles. The molecular weight excluding hydrogens is 266 g/mol. The molecule has 0 atom stereocenters. The number of amides is 1. The lowest BCUT2D eigenvalue weighted by atomic mass is 10.0. The van der Waals surface area contributed by atoms with Crippen molar-refractivity contribution in [3.8, 4) is 5.75 Å². The van der Waals surface area contributed by atoms with Gasteiger partial charge in [-0.15, -0.1) is 0 Å². The molecule has 1 N–H and O–H groups in total. The summed E-state index contributed by atoms with van der Waals surface area (Å²) >= 11 is 0. The zero-order valence-corrected chi connectivity index (χ0v) is 12.1. The molecule has 1 fully saturated rings. The molecule has 110 valence electrons. The van der Waals surface area contributed by atoms with E-state index < -0.39 is 0 Å². The van der Waals surface area contributed by atoms with Gasteiger partial charge in [-0.25, -0.2) is 0 Å². The maximum atomic E-state index is 12.5. The van der Waals surface area contributed by atoms with Crippen molar-refractivity contribution < 1.29 is 14.6 Å². The Labute approximate surface area is 123 Å². The highest BCUT2D eigenvalue weighted by Gasteiger charge is 2.23. The Kier molecular flexibility index (Phi) is 3.80. The van der Waals surface area contributed by atoms with Crippen LogP contribution in [0.2, 0.25) is 0 Å². The summed E-state index contributed by atoms with van der Waals surface area (Å²) in [6.07, 6.45) is 2.06. The molecule has 1 aliphatic heterocycles. The molecule has 21 heavy (non-hydrogen) atoms. The molecule has 0 bridgehead atoms. The number of fused-ring (bicyclic) bond motifs is 1. The van der Waals surface area contributed by atoms with Crippen molar-refractivity contribution in [1.82, 2.24) is 4.90 Å². The highest BCUT2D eigenvalue weighted by Crippen LogP contribution is 2.22. The van der Waals surface area contributed by atoms with E-state index in [0.717, 1.165) is 36.7 Å². The summed E-state index contributed by atoms with van der Waals surface area (Å²) in [4.78, 5) is 14.4.